The van der Waals surface area contributed by atoms with E-state index >= 15 is 0 Å². The Kier molecular flexibility index (Phi) is 4.03. The number of hydrogen-bond donors (Lipinski definition) is 1. The van der Waals surface area contributed by atoms with Gasteiger partial charge in [0.2, 0.25) is 0 Å². The maximum Gasteiger partial charge on any atom is 0.0603 e. The van der Waals surface area contributed by atoms with Gasteiger partial charge < -0.3 is 10.2 Å². The van der Waals surface area contributed by atoms with Gasteiger partial charge in [0.05, 0.1) is 11.7 Å². The van der Waals surface area contributed by atoms with Gasteiger partial charge in [0.1, 0.15) is 0 Å². The van der Waals surface area contributed by atoms with E-state index in [0.29, 0.717) is 6.04 Å². The summed E-state index contributed by atoms with van der Waals surface area (Å²) in [6.07, 6.45) is 4.54. The minimum Gasteiger partial charge on any atom is -0.367 e. The van der Waals surface area contributed by atoms with Crippen LogP contribution >= 0.6 is 11.3 Å². The highest BCUT2D eigenvalue weighted by Crippen LogP contribution is 2.28. The highest BCUT2D eigenvalue weighted by molar-refractivity contribution is 7.10. The number of nitrogens with zero attached hydrogens (tertiary/aromatic N) is 2. The van der Waals surface area contributed by atoms with Crippen molar-refractivity contribution in [2.75, 3.05) is 11.9 Å². The zero-order valence-electron chi connectivity index (χ0n) is 12.0. The zero-order chi connectivity index (χ0) is 13.9. The number of nitrogens with one attached hydrogen (secondary N) is 1. The molecule has 0 amide bonds. The second kappa shape index (κ2) is 5.94. The average molecular weight is 287 g/mol. The van der Waals surface area contributed by atoms with Gasteiger partial charge in [0, 0.05) is 36.4 Å². The third-order valence-electron chi connectivity index (χ3n) is 3.89. The van der Waals surface area contributed by atoms with E-state index < -0.39 is 0 Å². The number of hydrogen-bond acceptors (Lipinski definition) is 4. The van der Waals surface area contributed by atoms with E-state index in [1.54, 1.807) is 0 Å². The Labute approximate surface area is 124 Å². The molecule has 2 heterocycles. The molecule has 1 fully saturated rings. The fraction of sp³-hybridized carbons (Fsp3) is 0.438. The summed E-state index contributed by atoms with van der Waals surface area (Å²) >= 11 is 1.81. The summed E-state index contributed by atoms with van der Waals surface area (Å²) in [6.45, 7) is 3.12. The monoisotopic (exact) mass is 287 g/mol. The molecule has 1 atom stereocenters. The molecule has 2 aromatic heterocycles. The number of rotatable bonds is 6. The second-order valence-electron chi connectivity index (χ2n) is 5.46. The number of aromatic nitrogens is 1. The Morgan fingerprint density at radius 3 is 3.00 bits per heavy atom. The van der Waals surface area contributed by atoms with Crippen molar-refractivity contribution in [2.24, 2.45) is 0 Å². The molecule has 4 heteroatoms. The van der Waals surface area contributed by atoms with Gasteiger partial charge in [-0.15, -0.1) is 11.3 Å². The van der Waals surface area contributed by atoms with E-state index in [1.807, 2.05) is 17.5 Å². The minimum absolute atomic E-state index is 0.390. The first-order chi connectivity index (χ1) is 9.74. The Bertz CT molecular complexity index is 549. The van der Waals surface area contributed by atoms with Crippen LogP contribution in [0, 0.1) is 0 Å². The molecule has 20 heavy (non-hydrogen) atoms. The predicted octanol–water partition coefficient (Wildman–Crippen LogP) is 3.59. The molecule has 3 rings (SSSR count). The Morgan fingerprint density at radius 1 is 1.45 bits per heavy atom. The molecule has 1 saturated carbocycles. The molecule has 1 N–H and O–H groups in total. The average Bonchev–Trinajstić information content (AvgIpc) is 3.15. The lowest BCUT2D eigenvalue weighted by Crippen LogP contribution is -2.22. The quantitative estimate of drug-likeness (QED) is 0.880. The Morgan fingerprint density at radius 2 is 2.30 bits per heavy atom. The fourth-order valence-corrected chi connectivity index (χ4v) is 3.09. The molecule has 0 radical (unpaired) electrons. The van der Waals surface area contributed by atoms with Crippen LogP contribution in [0.4, 0.5) is 5.69 Å². The molecular weight excluding hydrogens is 266 g/mol. The van der Waals surface area contributed by atoms with Crippen molar-refractivity contribution in [3.8, 4) is 0 Å². The molecule has 0 saturated heterocycles. The highest BCUT2D eigenvalue weighted by atomic mass is 32.1. The fourth-order valence-electron chi connectivity index (χ4n) is 2.26. The molecule has 0 spiro atoms. The van der Waals surface area contributed by atoms with Crippen molar-refractivity contribution in [3.05, 3.63) is 46.4 Å². The first-order valence-electron chi connectivity index (χ1n) is 7.18. The summed E-state index contributed by atoms with van der Waals surface area (Å²) in [5.74, 6) is 0. The van der Waals surface area contributed by atoms with Crippen molar-refractivity contribution < 1.29 is 0 Å². The lowest BCUT2D eigenvalue weighted by atomic mass is 10.2. The van der Waals surface area contributed by atoms with E-state index in [1.165, 1.54) is 23.4 Å². The molecule has 3 nitrogen and oxygen atoms in total. The van der Waals surface area contributed by atoms with Gasteiger partial charge in [-0.1, -0.05) is 6.07 Å². The Hall–Kier alpha value is -1.39. The van der Waals surface area contributed by atoms with Crippen LogP contribution in [-0.4, -0.2) is 18.1 Å². The largest absolute Gasteiger partial charge is 0.367 e. The summed E-state index contributed by atoms with van der Waals surface area (Å²) in [4.78, 5) is 8.16. The van der Waals surface area contributed by atoms with Crippen LogP contribution < -0.4 is 10.2 Å². The van der Waals surface area contributed by atoms with Crippen LogP contribution in [0.2, 0.25) is 0 Å². The third-order valence-corrected chi connectivity index (χ3v) is 4.94. The summed E-state index contributed by atoms with van der Waals surface area (Å²) < 4.78 is 0. The van der Waals surface area contributed by atoms with Gasteiger partial charge in [-0.05, 0) is 43.3 Å². The minimum atomic E-state index is 0.390. The second-order valence-corrected chi connectivity index (χ2v) is 6.44. The van der Waals surface area contributed by atoms with Crippen LogP contribution in [0.1, 0.15) is 36.4 Å². The molecule has 0 bridgehead atoms. The smallest absolute Gasteiger partial charge is 0.0603 e. The van der Waals surface area contributed by atoms with Gasteiger partial charge in [0.25, 0.3) is 0 Å². The molecule has 0 aliphatic heterocycles. The van der Waals surface area contributed by atoms with Gasteiger partial charge >= 0.3 is 0 Å². The lowest BCUT2D eigenvalue weighted by molar-refractivity contribution is 0.673. The van der Waals surface area contributed by atoms with Gasteiger partial charge in [-0.25, -0.2) is 0 Å². The van der Waals surface area contributed by atoms with Crippen LogP contribution in [0.25, 0.3) is 0 Å². The van der Waals surface area contributed by atoms with Crippen LogP contribution in [0.5, 0.6) is 0 Å². The van der Waals surface area contributed by atoms with Crippen molar-refractivity contribution in [1.82, 2.24) is 10.3 Å². The van der Waals surface area contributed by atoms with Gasteiger partial charge in [-0.2, -0.15) is 0 Å². The first-order valence-corrected chi connectivity index (χ1v) is 8.06. The molecule has 1 aliphatic carbocycles. The summed E-state index contributed by atoms with van der Waals surface area (Å²) in [5.41, 5.74) is 2.35. The van der Waals surface area contributed by atoms with Crippen LogP contribution in [0.15, 0.2) is 35.8 Å². The van der Waals surface area contributed by atoms with Crippen molar-refractivity contribution in [3.63, 3.8) is 0 Å². The van der Waals surface area contributed by atoms with E-state index in [9.17, 15) is 0 Å². The molecule has 1 unspecified atom stereocenters. The van der Waals surface area contributed by atoms with Crippen LogP contribution in [-0.2, 0) is 6.54 Å². The molecule has 1 aliphatic rings. The Balaban J connectivity index is 1.69. The predicted molar refractivity (Wildman–Crippen MR) is 85.2 cm³/mol. The zero-order valence-corrected chi connectivity index (χ0v) is 12.9. The van der Waals surface area contributed by atoms with E-state index in [-0.39, 0.29) is 0 Å². The van der Waals surface area contributed by atoms with E-state index in [4.69, 9.17) is 0 Å². The highest BCUT2D eigenvalue weighted by Gasteiger charge is 2.20. The maximum absolute atomic E-state index is 4.46. The first kappa shape index (κ1) is 13.6. The molecule has 106 valence electrons. The summed E-state index contributed by atoms with van der Waals surface area (Å²) in [7, 11) is 2.15. The SMILES string of the molecule is CC(c1cccs1)N(C)c1ccnc(CNC2CC2)c1. The molecular formula is C16H21N3S. The number of pyridine rings is 1. The van der Waals surface area contributed by atoms with Crippen molar-refractivity contribution in [1.29, 1.82) is 0 Å². The molecule has 2 aromatic rings. The van der Waals surface area contributed by atoms with Gasteiger partial charge in [-0.3, -0.25) is 4.98 Å². The van der Waals surface area contributed by atoms with E-state index in [0.717, 1.165) is 18.3 Å². The van der Waals surface area contributed by atoms with E-state index in [2.05, 4.69) is 58.8 Å². The van der Waals surface area contributed by atoms with Crippen molar-refractivity contribution >= 4 is 17.0 Å². The number of anilines is 1. The summed E-state index contributed by atoms with van der Waals surface area (Å²) in [5, 5.41) is 5.65. The lowest BCUT2D eigenvalue weighted by Gasteiger charge is -2.26. The maximum atomic E-state index is 4.46. The normalized spacial score (nSPS) is 16.1. The van der Waals surface area contributed by atoms with Crippen LogP contribution in [0.3, 0.4) is 0 Å². The topological polar surface area (TPSA) is 28.2 Å². The van der Waals surface area contributed by atoms with Gasteiger partial charge in [0.15, 0.2) is 0 Å². The standard InChI is InChI=1S/C16H21N3S/c1-12(16-4-3-9-20-16)19(2)15-7-8-17-14(10-15)11-18-13-5-6-13/h3-4,7-10,12-13,18H,5-6,11H2,1-2H3. The molecule has 0 aromatic carbocycles. The summed E-state index contributed by atoms with van der Waals surface area (Å²) in [6, 6.07) is 9.71. The van der Waals surface area contributed by atoms with Crippen molar-refractivity contribution in [2.45, 2.75) is 38.4 Å². The number of thiophene rings is 1. The third kappa shape index (κ3) is 3.19.